The topological polar surface area (TPSA) is 82.5 Å². The summed E-state index contributed by atoms with van der Waals surface area (Å²) in [6.45, 7) is 9.39. The molecule has 0 fully saturated rings. The molecule has 6 heteroatoms. The summed E-state index contributed by atoms with van der Waals surface area (Å²) in [5.74, 6) is 0.349. The Kier molecular flexibility index (Phi) is 5.59. The Hall–Kier alpha value is -3.12. The summed E-state index contributed by atoms with van der Waals surface area (Å²) in [5.41, 5.74) is 14.4. The normalized spacial score (nSPS) is 11.5. The van der Waals surface area contributed by atoms with E-state index in [1.807, 2.05) is 29.8 Å². The second-order valence-electron chi connectivity index (χ2n) is 7.86. The summed E-state index contributed by atoms with van der Waals surface area (Å²) in [5, 5.41) is 4.73. The summed E-state index contributed by atoms with van der Waals surface area (Å²) in [6.07, 6.45) is 0.768. The molecule has 4 rings (SSSR count). The fourth-order valence-corrected chi connectivity index (χ4v) is 3.70. The van der Waals surface area contributed by atoms with Gasteiger partial charge in [0.1, 0.15) is 5.52 Å². The van der Waals surface area contributed by atoms with Crippen LogP contribution in [0.4, 0.5) is 0 Å². The van der Waals surface area contributed by atoms with E-state index in [-0.39, 0.29) is 0 Å². The number of nitrogens with two attached hydrogens (primary N) is 1. The predicted molar refractivity (Wildman–Crippen MR) is 120 cm³/mol. The molecule has 30 heavy (non-hydrogen) atoms. The molecule has 0 amide bonds. The van der Waals surface area contributed by atoms with Crippen LogP contribution in [0.3, 0.4) is 0 Å². The Labute approximate surface area is 177 Å². The number of aromatic nitrogens is 5. The molecule has 2 N–H and O–H groups in total. The zero-order chi connectivity index (χ0) is 21.3. The predicted octanol–water partition coefficient (Wildman–Crippen LogP) is 4.39. The fraction of sp³-hybridized carbons (Fsp3) is 0.333. The van der Waals surface area contributed by atoms with E-state index in [2.05, 4.69) is 45.0 Å². The van der Waals surface area contributed by atoms with Crippen LogP contribution in [-0.2, 0) is 19.5 Å². The van der Waals surface area contributed by atoms with Crippen molar-refractivity contribution in [2.24, 2.45) is 5.73 Å². The van der Waals surface area contributed by atoms with Crippen molar-refractivity contribution in [2.75, 3.05) is 0 Å². The first-order valence-electron chi connectivity index (χ1n) is 10.5. The lowest BCUT2D eigenvalue weighted by molar-refractivity contribution is 0.694. The highest BCUT2D eigenvalue weighted by Gasteiger charge is 2.19. The van der Waals surface area contributed by atoms with Gasteiger partial charge in [-0.1, -0.05) is 51.1 Å². The average molecular weight is 401 g/mol. The van der Waals surface area contributed by atoms with Crippen LogP contribution in [0.1, 0.15) is 55.0 Å². The van der Waals surface area contributed by atoms with E-state index < -0.39 is 0 Å². The Bertz CT molecular complexity index is 1180. The van der Waals surface area contributed by atoms with E-state index in [1.54, 1.807) is 0 Å². The molecular formula is C24H28N6. The SMILES string of the molecule is CCc1nc2c(nc1-c1ccc(C(C)C)nc1CN)c(C)nn2Cc1ccccc1. The number of fused-ring (bicyclic) bond motifs is 1. The summed E-state index contributed by atoms with van der Waals surface area (Å²) < 4.78 is 1.94. The highest BCUT2D eigenvalue weighted by Crippen LogP contribution is 2.29. The maximum Gasteiger partial charge on any atom is 0.177 e. The third-order valence-electron chi connectivity index (χ3n) is 5.35. The smallest absolute Gasteiger partial charge is 0.177 e. The molecule has 0 radical (unpaired) electrons. The second-order valence-corrected chi connectivity index (χ2v) is 7.86. The van der Waals surface area contributed by atoms with Gasteiger partial charge in [-0.25, -0.2) is 14.6 Å². The fourth-order valence-electron chi connectivity index (χ4n) is 3.70. The van der Waals surface area contributed by atoms with Crippen LogP contribution in [0.5, 0.6) is 0 Å². The number of nitrogens with zero attached hydrogens (tertiary/aromatic N) is 5. The second kappa shape index (κ2) is 8.32. The Balaban J connectivity index is 1.86. The lowest BCUT2D eigenvalue weighted by atomic mass is 10.0. The van der Waals surface area contributed by atoms with Crippen molar-refractivity contribution >= 4 is 11.2 Å². The molecule has 1 aromatic carbocycles. The number of hydrogen-bond donors (Lipinski definition) is 1. The highest BCUT2D eigenvalue weighted by molar-refractivity contribution is 5.78. The molecule has 0 aliphatic rings. The first kappa shape index (κ1) is 20.2. The molecule has 0 aliphatic carbocycles. The van der Waals surface area contributed by atoms with Crippen molar-refractivity contribution in [3.05, 3.63) is 70.8 Å². The van der Waals surface area contributed by atoms with Gasteiger partial charge < -0.3 is 5.73 Å². The third-order valence-corrected chi connectivity index (χ3v) is 5.35. The molecule has 3 aromatic heterocycles. The van der Waals surface area contributed by atoms with Gasteiger partial charge in [-0.3, -0.25) is 4.98 Å². The number of pyridine rings is 1. The zero-order valence-corrected chi connectivity index (χ0v) is 18.1. The van der Waals surface area contributed by atoms with Gasteiger partial charge in [0.2, 0.25) is 0 Å². The first-order chi connectivity index (χ1) is 14.5. The molecule has 154 valence electrons. The van der Waals surface area contributed by atoms with Crippen LogP contribution in [0.25, 0.3) is 22.4 Å². The van der Waals surface area contributed by atoms with Crippen LogP contribution in [0, 0.1) is 6.92 Å². The standard InChI is InChI=1S/C24H28N6/c1-5-19-23(18-11-12-20(15(2)3)26-21(18)13-25)28-22-16(4)29-30(24(22)27-19)14-17-9-7-6-8-10-17/h6-12,15H,5,13-14,25H2,1-4H3. The summed E-state index contributed by atoms with van der Waals surface area (Å²) in [7, 11) is 0. The van der Waals surface area contributed by atoms with E-state index in [4.69, 9.17) is 25.8 Å². The van der Waals surface area contributed by atoms with Crippen molar-refractivity contribution in [3.63, 3.8) is 0 Å². The minimum atomic E-state index is 0.349. The van der Waals surface area contributed by atoms with Gasteiger partial charge in [0, 0.05) is 17.8 Å². The molecule has 0 saturated carbocycles. The van der Waals surface area contributed by atoms with E-state index >= 15 is 0 Å². The van der Waals surface area contributed by atoms with Gasteiger partial charge in [0.05, 0.1) is 29.3 Å². The van der Waals surface area contributed by atoms with Gasteiger partial charge >= 0.3 is 0 Å². The van der Waals surface area contributed by atoms with Crippen LogP contribution >= 0.6 is 0 Å². The molecule has 0 aliphatic heterocycles. The van der Waals surface area contributed by atoms with Crippen molar-refractivity contribution in [2.45, 2.75) is 53.1 Å². The molecule has 0 atom stereocenters. The third kappa shape index (κ3) is 3.71. The average Bonchev–Trinajstić information content (AvgIpc) is 3.07. The quantitative estimate of drug-likeness (QED) is 0.519. The molecule has 6 nitrogen and oxygen atoms in total. The maximum atomic E-state index is 6.05. The first-order valence-corrected chi connectivity index (χ1v) is 10.5. The molecule has 0 spiro atoms. The van der Waals surface area contributed by atoms with Crippen molar-refractivity contribution in [1.29, 1.82) is 0 Å². The van der Waals surface area contributed by atoms with Gasteiger partial charge in [-0.15, -0.1) is 0 Å². The Morgan fingerprint density at radius 3 is 2.40 bits per heavy atom. The molecule has 0 bridgehead atoms. The summed E-state index contributed by atoms with van der Waals surface area (Å²) >= 11 is 0. The van der Waals surface area contributed by atoms with Crippen molar-refractivity contribution in [3.8, 4) is 11.3 Å². The van der Waals surface area contributed by atoms with Crippen LogP contribution in [0.15, 0.2) is 42.5 Å². The summed E-state index contributed by atoms with van der Waals surface area (Å²) in [6, 6.07) is 14.4. The molecular weight excluding hydrogens is 372 g/mol. The van der Waals surface area contributed by atoms with Gasteiger partial charge in [0.15, 0.2) is 5.65 Å². The lowest BCUT2D eigenvalue weighted by Crippen LogP contribution is -2.09. The molecule has 4 aromatic rings. The number of hydrogen-bond acceptors (Lipinski definition) is 5. The van der Waals surface area contributed by atoms with E-state index in [1.165, 1.54) is 5.56 Å². The monoisotopic (exact) mass is 400 g/mol. The number of benzene rings is 1. The Morgan fingerprint density at radius 2 is 1.73 bits per heavy atom. The number of rotatable bonds is 6. The zero-order valence-electron chi connectivity index (χ0n) is 18.1. The van der Waals surface area contributed by atoms with E-state index in [0.717, 1.165) is 51.6 Å². The van der Waals surface area contributed by atoms with Crippen LogP contribution in [0.2, 0.25) is 0 Å². The van der Waals surface area contributed by atoms with Gasteiger partial charge in [-0.2, -0.15) is 5.10 Å². The van der Waals surface area contributed by atoms with E-state index in [0.29, 0.717) is 19.0 Å². The summed E-state index contributed by atoms with van der Waals surface area (Å²) in [4.78, 5) is 14.8. The van der Waals surface area contributed by atoms with Crippen LogP contribution < -0.4 is 5.73 Å². The van der Waals surface area contributed by atoms with Crippen LogP contribution in [-0.4, -0.2) is 24.7 Å². The largest absolute Gasteiger partial charge is 0.325 e. The minimum absolute atomic E-state index is 0.349. The van der Waals surface area contributed by atoms with Crippen molar-refractivity contribution in [1.82, 2.24) is 24.7 Å². The molecule has 0 saturated heterocycles. The molecule has 3 heterocycles. The molecule has 0 unspecified atom stereocenters. The lowest BCUT2D eigenvalue weighted by Gasteiger charge is -2.13. The minimum Gasteiger partial charge on any atom is -0.325 e. The highest BCUT2D eigenvalue weighted by atomic mass is 15.3. The van der Waals surface area contributed by atoms with Gasteiger partial charge in [0.25, 0.3) is 0 Å². The van der Waals surface area contributed by atoms with Gasteiger partial charge in [-0.05, 0) is 37.0 Å². The van der Waals surface area contributed by atoms with E-state index in [9.17, 15) is 0 Å². The number of aryl methyl sites for hydroxylation is 2. The van der Waals surface area contributed by atoms with Crippen molar-refractivity contribution < 1.29 is 0 Å². The Morgan fingerprint density at radius 1 is 0.967 bits per heavy atom. The maximum absolute atomic E-state index is 6.05.